The molecule has 1 unspecified atom stereocenters. The maximum absolute atomic E-state index is 14.1. The second-order valence-electron chi connectivity index (χ2n) is 7.09. The number of ether oxygens (including phenoxy) is 1. The predicted octanol–water partition coefficient (Wildman–Crippen LogP) is 3.28. The van der Waals surface area contributed by atoms with E-state index >= 15 is 0 Å². The topological polar surface area (TPSA) is 66.8 Å². The smallest absolute Gasteiger partial charge is 0.343 e. The molecule has 2 aliphatic rings. The highest BCUT2D eigenvalue weighted by molar-refractivity contribution is 5.95. The van der Waals surface area contributed by atoms with Gasteiger partial charge in [-0.3, -0.25) is 4.79 Å². The first-order valence-electron chi connectivity index (χ1n) is 8.92. The molecule has 1 saturated heterocycles. The number of amides is 1. The first-order valence-corrected chi connectivity index (χ1v) is 8.92. The van der Waals surface area contributed by atoms with Crippen molar-refractivity contribution in [2.24, 2.45) is 5.92 Å². The molecule has 0 spiro atoms. The van der Waals surface area contributed by atoms with Crippen molar-refractivity contribution in [3.8, 4) is 5.75 Å². The van der Waals surface area contributed by atoms with E-state index in [2.05, 4.69) is 0 Å². The molecule has 1 saturated carbocycles. The van der Waals surface area contributed by atoms with E-state index in [0.717, 1.165) is 0 Å². The van der Waals surface area contributed by atoms with Gasteiger partial charge in [-0.05, 0) is 43.0 Å². The summed E-state index contributed by atoms with van der Waals surface area (Å²) >= 11 is 0. The Morgan fingerprint density at radius 2 is 1.88 bits per heavy atom. The Labute approximate surface area is 146 Å². The van der Waals surface area contributed by atoms with Gasteiger partial charge in [0.1, 0.15) is 5.75 Å². The van der Waals surface area contributed by atoms with Crippen LogP contribution in [0.1, 0.15) is 48.9 Å². The quantitative estimate of drug-likeness (QED) is 0.886. The Morgan fingerprint density at radius 1 is 1.20 bits per heavy atom. The predicted molar refractivity (Wildman–Crippen MR) is 90.5 cm³/mol. The number of hydrogen-bond donors (Lipinski definition) is 1. The van der Waals surface area contributed by atoms with Crippen molar-refractivity contribution in [1.29, 1.82) is 0 Å². The highest BCUT2D eigenvalue weighted by Crippen LogP contribution is 2.28. The summed E-state index contributed by atoms with van der Waals surface area (Å²) in [6.45, 7) is 0.408. The standard InChI is InChI=1S/C19H24FNO4/c20-19(18(23)24)10-11-21(13-19)17(22)15-6-8-16(9-7-15)25-12-14-4-2-1-3-5-14/h6-9,14H,1-5,10-13H2,(H,23,24). The SMILES string of the molecule is O=C(c1ccc(OCC2CCCCC2)cc1)N1CCC(F)(C(=O)O)C1. The van der Waals surface area contributed by atoms with Crippen molar-refractivity contribution in [3.05, 3.63) is 29.8 Å². The number of benzene rings is 1. The van der Waals surface area contributed by atoms with Crippen molar-refractivity contribution in [3.63, 3.8) is 0 Å². The first-order chi connectivity index (χ1) is 12.0. The Morgan fingerprint density at radius 3 is 2.48 bits per heavy atom. The first kappa shape index (κ1) is 17.7. The summed E-state index contributed by atoms with van der Waals surface area (Å²) in [5, 5.41) is 8.92. The van der Waals surface area contributed by atoms with Crippen LogP contribution in [0.4, 0.5) is 4.39 Å². The van der Waals surface area contributed by atoms with Gasteiger partial charge < -0.3 is 14.7 Å². The lowest BCUT2D eigenvalue weighted by molar-refractivity contribution is -0.149. The van der Waals surface area contributed by atoms with E-state index in [1.807, 2.05) is 0 Å². The Balaban J connectivity index is 1.55. The molecule has 1 aliphatic heterocycles. The molecule has 136 valence electrons. The molecule has 1 aromatic rings. The average molecular weight is 349 g/mol. The van der Waals surface area contributed by atoms with Crippen LogP contribution >= 0.6 is 0 Å². The van der Waals surface area contributed by atoms with E-state index in [9.17, 15) is 14.0 Å². The Kier molecular flexibility index (Phi) is 5.25. The molecule has 0 bridgehead atoms. The highest BCUT2D eigenvalue weighted by atomic mass is 19.1. The molecule has 1 heterocycles. The summed E-state index contributed by atoms with van der Waals surface area (Å²) in [5.74, 6) is -0.531. The van der Waals surface area contributed by atoms with Crippen molar-refractivity contribution < 1.29 is 23.8 Å². The molecule has 2 fully saturated rings. The Hall–Kier alpha value is -2.11. The van der Waals surface area contributed by atoms with Crippen LogP contribution in [0.15, 0.2) is 24.3 Å². The molecule has 1 aliphatic carbocycles. The minimum absolute atomic E-state index is 0.113. The lowest BCUT2D eigenvalue weighted by Gasteiger charge is -2.21. The summed E-state index contributed by atoms with van der Waals surface area (Å²) in [6, 6.07) is 6.78. The minimum atomic E-state index is -2.33. The van der Waals surface area contributed by atoms with Crippen LogP contribution in [0.3, 0.4) is 0 Å². The fourth-order valence-corrected chi connectivity index (χ4v) is 3.56. The molecule has 0 aromatic heterocycles. The zero-order valence-corrected chi connectivity index (χ0v) is 14.2. The summed E-state index contributed by atoms with van der Waals surface area (Å²) in [6.07, 6.45) is 6.09. The molecule has 3 rings (SSSR count). The van der Waals surface area contributed by atoms with Gasteiger partial charge >= 0.3 is 5.97 Å². The van der Waals surface area contributed by atoms with Crippen LogP contribution in [0.25, 0.3) is 0 Å². The third kappa shape index (κ3) is 4.11. The van der Waals surface area contributed by atoms with Gasteiger partial charge in [0, 0.05) is 18.5 Å². The van der Waals surface area contributed by atoms with E-state index in [0.29, 0.717) is 23.8 Å². The van der Waals surface area contributed by atoms with Gasteiger partial charge in [0.25, 0.3) is 5.91 Å². The number of carbonyl (C=O) groups excluding carboxylic acids is 1. The van der Waals surface area contributed by atoms with Gasteiger partial charge in [0.2, 0.25) is 5.67 Å². The zero-order chi connectivity index (χ0) is 17.9. The fourth-order valence-electron chi connectivity index (χ4n) is 3.56. The van der Waals surface area contributed by atoms with E-state index in [1.165, 1.54) is 37.0 Å². The lowest BCUT2D eigenvalue weighted by Crippen LogP contribution is -2.38. The summed E-state index contributed by atoms with van der Waals surface area (Å²) < 4.78 is 19.9. The number of aliphatic carboxylic acids is 1. The van der Waals surface area contributed by atoms with Gasteiger partial charge in [-0.15, -0.1) is 0 Å². The number of carboxylic acids is 1. The number of carboxylic acid groups (broad SMARTS) is 1. The minimum Gasteiger partial charge on any atom is -0.493 e. The molecule has 25 heavy (non-hydrogen) atoms. The van der Waals surface area contributed by atoms with Crippen molar-refractivity contribution >= 4 is 11.9 Å². The summed E-state index contributed by atoms with van der Waals surface area (Å²) in [4.78, 5) is 24.6. The van der Waals surface area contributed by atoms with Crippen molar-refractivity contribution in [1.82, 2.24) is 4.90 Å². The number of rotatable bonds is 5. The summed E-state index contributed by atoms with van der Waals surface area (Å²) in [5.41, 5.74) is -1.92. The van der Waals surface area contributed by atoms with Crippen molar-refractivity contribution in [2.45, 2.75) is 44.2 Å². The number of likely N-dealkylation sites (tertiary alicyclic amines) is 1. The van der Waals surface area contributed by atoms with Crippen LogP contribution in [0.5, 0.6) is 5.75 Å². The zero-order valence-electron chi connectivity index (χ0n) is 14.2. The van der Waals surface area contributed by atoms with Crippen LogP contribution in [-0.4, -0.2) is 47.2 Å². The molecular formula is C19H24FNO4. The van der Waals surface area contributed by atoms with Crippen molar-refractivity contribution in [2.75, 3.05) is 19.7 Å². The molecule has 5 nitrogen and oxygen atoms in total. The number of halogens is 1. The molecule has 1 aromatic carbocycles. The third-order valence-electron chi connectivity index (χ3n) is 5.20. The van der Waals surface area contributed by atoms with Gasteiger partial charge in [-0.1, -0.05) is 19.3 Å². The van der Waals surface area contributed by atoms with Gasteiger partial charge in [0.15, 0.2) is 0 Å². The van der Waals surface area contributed by atoms with E-state index in [1.54, 1.807) is 24.3 Å². The van der Waals surface area contributed by atoms with Crippen LogP contribution in [0.2, 0.25) is 0 Å². The molecule has 1 N–H and O–H groups in total. The van der Waals surface area contributed by atoms with Crippen LogP contribution < -0.4 is 4.74 Å². The second kappa shape index (κ2) is 7.42. The van der Waals surface area contributed by atoms with Gasteiger partial charge in [-0.2, -0.15) is 0 Å². The van der Waals surface area contributed by atoms with Crippen LogP contribution in [-0.2, 0) is 4.79 Å². The van der Waals surface area contributed by atoms with Gasteiger partial charge in [-0.25, -0.2) is 9.18 Å². The number of hydrogen-bond acceptors (Lipinski definition) is 3. The summed E-state index contributed by atoms with van der Waals surface area (Å²) in [7, 11) is 0. The normalized spacial score (nSPS) is 24.3. The maximum Gasteiger partial charge on any atom is 0.343 e. The Bertz CT molecular complexity index is 627. The fraction of sp³-hybridized carbons (Fsp3) is 0.579. The van der Waals surface area contributed by atoms with E-state index < -0.39 is 18.2 Å². The number of nitrogens with zero attached hydrogens (tertiary/aromatic N) is 1. The highest BCUT2D eigenvalue weighted by Gasteiger charge is 2.46. The van der Waals surface area contributed by atoms with Gasteiger partial charge in [0.05, 0.1) is 13.2 Å². The monoisotopic (exact) mass is 349 g/mol. The van der Waals surface area contributed by atoms with E-state index in [-0.39, 0.29) is 18.9 Å². The lowest BCUT2D eigenvalue weighted by atomic mass is 9.90. The molecule has 1 atom stereocenters. The molecule has 6 heteroatoms. The second-order valence-corrected chi connectivity index (χ2v) is 7.09. The number of carbonyl (C=O) groups is 2. The largest absolute Gasteiger partial charge is 0.493 e. The third-order valence-corrected chi connectivity index (χ3v) is 5.20. The maximum atomic E-state index is 14.1. The molecular weight excluding hydrogens is 325 g/mol. The average Bonchev–Trinajstić information content (AvgIpc) is 3.04. The molecule has 0 radical (unpaired) electrons. The number of alkyl halides is 1. The van der Waals surface area contributed by atoms with Crippen LogP contribution in [0, 0.1) is 5.92 Å². The van der Waals surface area contributed by atoms with E-state index in [4.69, 9.17) is 9.84 Å². The molecule has 1 amide bonds.